The van der Waals surface area contributed by atoms with E-state index in [1.54, 1.807) is 11.8 Å². The Morgan fingerprint density at radius 3 is 2.34 bits per heavy atom. The third-order valence-electron chi connectivity index (χ3n) is 5.95. The predicted octanol–water partition coefficient (Wildman–Crippen LogP) is 2.62. The lowest BCUT2D eigenvalue weighted by molar-refractivity contribution is -0.139. The Balaban J connectivity index is 1.55. The first-order valence-electron chi connectivity index (χ1n) is 11.8. The highest BCUT2D eigenvalue weighted by Gasteiger charge is 2.48. The van der Waals surface area contributed by atoms with Gasteiger partial charge in [-0.3, -0.25) is 24.7 Å². The summed E-state index contributed by atoms with van der Waals surface area (Å²) in [5.74, 6) is -1.30. The molecular formula is C26H33N5O4. The third-order valence-corrected chi connectivity index (χ3v) is 5.95. The summed E-state index contributed by atoms with van der Waals surface area (Å²) >= 11 is 0. The minimum Gasteiger partial charge on any atom is -0.325 e. The van der Waals surface area contributed by atoms with Crippen molar-refractivity contribution in [2.75, 3.05) is 25.0 Å². The van der Waals surface area contributed by atoms with Gasteiger partial charge < -0.3 is 10.6 Å². The Bertz CT molecular complexity index is 1070. The van der Waals surface area contributed by atoms with Gasteiger partial charge in [-0.25, -0.2) is 4.79 Å². The summed E-state index contributed by atoms with van der Waals surface area (Å²) < 4.78 is 0. The molecule has 3 rings (SSSR count). The molecule has 1 aliphatic rings. The zero-order valence-corrected chi connectivity index (χ0v) is 20.5. The Labute approximate surface area is 205 Å². The molecule has 2 aromatic carbocycles. The fourth-order valence-corrected chi connectivity index (χ4v) is 3.99. The van der Waals surface area contributed by atoms with Gasteiger partial charge in [0.1, 0.15) is 5.54 Å². The fourth-order valence-electron chi connectivity index (χ4n) is 3.99. The van der Waals surface area contributed by atoms with E-state index in [-0.39, 0.29) is 19.0 Å². The molecule has 9 nitrogen and oxygen atoms in total. The molecule has 1 unspecified atom stereocenters. The predicted molar refractivity (Wildman–Crippen MR) is 133 cm³/mol. The van der Waals surface area contributed by atoms with Crippen LogP contribution in [0.25, 0.3) is 0 Å². The zero-order chi connectivity index (χ0) is 25.4. The maximum atomic E-state index is 13.0. The van der Waals surface area contributed by atoms with Gasteiger partial charge >= 0.3 is 6.03 Å². The number of rotatable bonds is 11. The topological polar surface area (TPSA) is 111 Å². The van der Waals surface area contributed by atoms with Gasteiger partial charge in [-0.1, -0.05) is 55.5 Å². The number of hydrazine groups is 1. The van der Waals surface area contributed by atoms with Gasteiger partial charge in [0, 0.05) is 5.69 Å². The van der Waals surface area contributed by atoms with Gasteiger partial charge in [-0.2, -0.15) is 5.01 Å². The molecule has 1 heterocycles. The standard InChI is InChI=1S/C26H33N5O4/c1-4-16-30(17-22(32)27-21-13-9-8-10-19(21)2)18-23(33)29-31-24(34)26(3,28-25(31)35)15-14-20-11-6-5-7-12-20/h5-13H,4,14-18H2,1-3H3,(H,27,32)(H,28,35)(H,29,33). The summed E-state index contributed by atoms with van der Waals surface area (Å²) in [6, 6.07) is 16.5. The molecule has 0 saturated carbocycles. The van der Waals surface area contributed by atoms with E-state index in [1.807, 2.05) is 68.4 Å². The van der Waals surface area contributed by atoms with Crippen molar-refractivity contribution in [1.82, 2.24) is 20.7 Å². The number of urea groups is 1. The smallest absolute Gasteiger partial charge is 0.325 e. The van der Waals surface area contributed by atoms with Crippen molar-refractivity contribution in [3.05, 3.63) is 65.7 Å². The van der Waals surface area contributed by atoms with Crippen molar-refractivity contribution < 1.29 is 19.2 Å². The van der Waals surface area contributed by atoms with Crippen LogP contribution in [-0.4, -0.2) is 58.8 Å². The molecule has 1 atom stereocenters. The van der Waals surface area contributed by atoms with E-state index in [9.17, 15) is 19.2 Å². The number of benzene rings is 2. The summed E-state index contributed by atoms with van der Waals surface area (Å²) in [5.41, 5.74) is 4.01. The van der Waals surface area contributed by atoms with Crippen LogP contribution in [0.3, 0.4) is 0 Å². The number of imide groups is 1. The maximum absolute atomic E-state index is 13.0. The summed E-state index contributed by atoms with van der Waals surface area (Å²) in [6.45, 7) is 5.88. The molecule has 1 fully saturated rings. The van der Waals surface area contributed by atoms with E-state index < -0.39 is 23.4 Å². The molecule has 1 aliphatic heterocycles. The molecule has 0 radical (unpaired) electrons. The molecule has 3 N–H and O–H groups in total. The first-order valence-corrected chi connectivity index (χ1v) is 11.8. The van der Waals surface area contributed by atoms with Gasteiger partial charge in [0.2, 0.25) is 5.91 Å². The Morgan fingerprint density at radius 1 is 1.00 bits per heavy atom. The largest absolute Gasteiger partial charge is 0.344 e. The number of aryl methyl sites for hydroxylation is 2. The van der Waals surface area contributed by atoms with Crippen LogP contribution in [0.1, 0.15) is 37.8 Å². The first-order chi connectivity index (χ1) is 16.7. The van der Waals surface area contributed by atoms with Gasteiger partial charge in [-0.15, -0.1) is 0 Å². The average Bonchev–Trinajstić information content (AvgIpc) is 3.03. The van der Waals surface area contributed by atoms with Crippen LogP contribution in [0.2, 0.25) is 0 Å². The van der Waals surface area contributed by atoms with Crippen LogP contribution < -0.4 is 16.1 Å². The van der Waals surface area contributed by atoms with Gasteiger partial charge in [0.15, 0.2) is 0 Å². The molecule has 0 bridgehead atoms. The Kier molecular flexibility index (Phi) is 8.59. The molecule has 9 heteroatoms. The normalized spacial score (nSPS) is 17.4. The van der Waals surface area contributed by atoms with Crippen molar-refractivity contribution in [3.63, 3.8) is 0 Å². The SMILES string of the molecule is CCCN(CC(=O)Nc1ccccc1C)CC(=O)NN1C(=O)NC(C)(CCc2ccccc2)C1=O. The van der Waals surface area contributed by atoms with Crippen LogP contribution >= 0.6 is 0 Å². The number of carbonyl (C=O) groups excluding carboxylic acids is 4. The van der Waals surface area contributed by atoms with E-state index >= 15 is 0 Å². The number of nitrogens with one attached hydrogen (secondary N) is 3. The number of para-hydroxylation sites is 1. The highest BCUT2D eigenvalue weighted by atomic mass is 16.2. The minimum absolute atomic E-state index is 0.00449. The van der Waals surface area contributed by atoms with Crippen molar-refractivity contribution >= 4 is 29.4 Å². The second-order valence-electron chi connectivity index (χ2n) is 9.00. The number of anilines is 1. The maximum Gasteiger partial charge on any atom is 0.344 e. The Morgan fingerprint density at radius 2 is 1.66 bits per heavy atom. The summed E-state index contributed by atoms with van der Waals surface area (Å²) in [4.78, 5) is 52.4. The molecule has 2 aromatic rings. The number of nitrogens with zero attached hydrogens (tertiary/aromatic N) is 2. The molecule has 186 valence electrons. The molecule has 35 heavy (non-hydrogen) atoms. The van der Waals surface area contributed by atoms with Gasteiger partial charge in [0.25, 0.3) is 11.8 Å². The number of hydrogen-bond acceptors (Lipinski definition) is 5. The quantitative estimate of drug-likeness (QED) is 0.429. The molecule has 0 aromatic heterocycles. The lowest BCUT2D eigenvalue weighted by Gasteiger charge is -2.23. The summed E-state index contributed by atoms with van der Waals surface area (Å²) in [5, 5.41) is 6.29. The summed E-state index contributed by atoms with van der Waals surface area (Å²) in [7, 11) is 0. The lowest BCUT2D eigenvalue weighted by atomic mass is 9.93. The second-order valence-corrected chi connectivity index (χ2v) is 9.00. The monoisotopic (exact) mass is 479 g/mol. The zero-order valence-electron chi connectivity index (χ0n) is 20.5. The van der Waals surface area contributed by atoms with E-state index in [1.165, 1.54) is 0 Å². The second kappa shape index (κ2) is 11.6. The van der Waals surface area contributed by atoms with E-state index in [2.05, 4.69) is 16.1 Å². The Hall–Kier alpha value is -3.72. The minimum atomic E-state index is -1.11. The fraction of sp³-hybridized carbons (Fsp3) is 0.385. The van der Waals surface area contributed by atoms with Crippen LogP contribution in [0.4, 0.5) is 10.5 Å². The third kappa shape index (κ3) is 6.89. The highest BCUT2D eigenvalue weighted by Crippen LogP contribution is 2.22. The van der Waals surface area contributed by atoms with Crippen molar-refractivity contribution in [3.8, 4) is 0 Å². The molecule has 1 saturated heterocycles. The molecule has 0 spiro atoms. The van der Waals surface area contributed by atoms with Gasteiger partial charge in [-0.05, 0) is 56.8 Å². The number of carbonyl (C=O) groups is 4. The number of amides is 5. The van der Waals surface area contributed by atoms with Crippen LogP contribution in [0, 0.1) is 6.92 Å². The van der Waals surface area contributed by atoms with Crippen molar-refractivity contribution in [2.45, 2.75) is 45.6 Å². The molecule has 5 amide bonds. The van der Waals surface area contributed by atoms with Crippen molar-refractivity contribution in [2.24, 2.45) is 0 Å². The van der Waals surface area contributed by atoms with Crippen LogP contribution in [0.15, 0.2) is 54.6 Å². The molecular weight excluding hydrogens is 446 g/mol. The van der Waals surface area contributed by atoms with Crippen molar-refractivity contribution in [1.29, 1.82) is 0 Å². The first kappa shape index (κ1) is 25.9. The summed E-state index contributed by atoms with van der Waals surface area (Å²) in [6.07, 6.45) is 1.73. The average molecular weight is 480 g/mol. The van der Waals surface area contributed by atoms with Gasteiger partial charge in [0.05, 0.1) is 13.1 Å². The van der Waals surface area contributed by atoms with E-state index in [0.29, 0.717) is 25.1 Å². The van der Waals surface area contributed by atoms with Crippen LogP contribution in [-0.2, 0) is 20.8 Å². The van der Waals surface area contributed by atoms with E-state index in [4.69, 9.17) is 0 Å². The number of hydrogen-bond donors (Lipinski definition) is 3. The highest BCUT2D eigenvalue weighted by molar-refractivity contribution is 6.07. The van der Waals surface area contributed by atoms with E-state index in [0.717, 1.165) is 22.6 Å². The lowest BCUT2D eigenvalue weighted by Crippen LogP contribution is -2.52. The van der Waals surface area contributed by atoms with Crippen LogP contribution in [0.5, 0.6) is 0 Å². The molecule has 0 aliphatic carbocycles.